The van der Waals surface area contributed by atoms with Crippen LogP contribution >= 0.6 is 0 Å². The molecular weight excluding hydrogens is 234 g/mol. The molecule has 2 heteroatoms. The largest absolute Gasteiger partial charge is 0.467 e. The lowest BCUT2D eigenvalue weighted by molar-refractivity contribution is 0.510. The molecule has 0 amide bonds. The van der Waals surface area contributed by atoms with Crippen molar-refractivity contribution in [2.75, 3.05) is 4.90 Å². The van der Waals surface area contributed by atoms with Gasteiger partial charge >= 0.3 is 0 Å². The fraction of sp³-hybridized carbons (Fsp3) is 0.0588. The average molecular weight is 249 g/mol. The Bertz CT molecular complexity index is 563. The van der Waals surface area contributed by atoms with Gasteiger partial charge in [-0.3, -0.25) is 0 Å². The number of benzene rings is 2. The van der Waals surface area contributed by atoms with E-state index in [1.54, 1.807) is 6.26 Å². The van der Waals surface area contributed by atoms with Gasteiger partial charge in [-0.1, -0.05) is 36.4 Å². The number of para-hydroxylation sites is 2. The molecule has 0 saturated carbocycles. The van der Waals surface area contributed by atoms with Gasteiger partial charge in [0.1, 0.15) is 5.76 Å². The summed E-state index contributed by atoms with van der Waals surface area (Å²) in [5, 5.41) is 0. The molecule has 0 bridgehead atoms. The van der Waals surface area contributed by atoms with E-state index >= 15 is 0 Å². The Labute approximate surface area is 112 Å². The lowest BCUT2D eigenvalue weighted by Crippen LogP contribution is -2.15. The molecule has 0 spiro atoms. The predicted octanol–water partition coefficient (Wildman–Crippen LogP) is 4.62. The second-order valence-corrected chi connectivity index (χ2v) is 4.34. The zero-order chi connectivity index (χ0) is 12.9. The number of hydrogen-bond donors (Lipinski definition) is 0. The predicted molar refractivity (Wildman–Crippen MR) is 77.4 cm³/mol. The molecule has 94 valence electrons. The molecule has 1 aromatic heterocycles. The van der Waals surface area contributed by atoms with E-state index in [-0.39, 0.29) is 0 Å². The Morgan fingerprint density at radius 3 is 1.74 bits per heavy atom. The van der Waals surface area contributed by atoms with Crippen LogP contribution in [-0.2, 0) is 6.54 Å². The SMILES string of the molecule is c1ccc(N(Cc2ccco2)c2ccccc2)cc1. The van der Waals surface area contributed by atoms with Crippen molar-refractivity contribution in [3.8, 4) is 0 Å². The van der Waals surface area contributed by atoms with Crippen molar-refractivity contribution in [3.63, 3.8) is 0 Å². The summed E-state index contributed by atoms with van der Waals surface area (Å²) in [6, 6.07) is 24.6. The highest BCUT2D eigenvalue weighted by Crippen LogP contribution is 2.27. The minimum absolute atomic E-state index is 0.723. The lowest BCUT2D eigenvalue weighted by Gasteiger charge is -2.24. The molecule has 0 aliphatic carbocycles. The van der Waals surface area contributed by atoms with E-state index in [9.17, 15) is 0 Å². The van der Waals surface area contributed by atoms with Crippen LogP contribution in [-0.4, -0.2) is 0 Å². The summed E-state index contributed by atoms with van der Waals surface area (Å²) >= 11 is 0. The van der Waals surface area contributed by atoms with E-state index < -0.39 is 0 Å². The van der Waals surface area contributed by atoms with Crippen LogP contribution in [0.15, 0.2) is 83.5 Å². The number of anilines is 2. The zero-order valence-electron chi connectivity index (χ0n) is 10.6. The summed E-state index contributed by atoms with van der Waals surface area (Å²) in [6.07, 6.45) is 1.71. The molecule has 0 aliphatic heterocycles. The summed E-state index contributed by atoms with van der Waals surface area (Å²) < 4.78 is 5.47. The fourth-order valence-corrected chi connectivity index (χ4v) is 2.11. The smallest absolute Gasteiger partial charge is 0.123 e. The summed E-state index contributed by atoms with van der Waals surface area (Å²) in [5.41, 5.74) is 2.32. The third-order valence-electron chi connectivity index (χ3n) is 3.03. The minimum Gasteiger partial charge on any atom is -0.467 e. The molecule has 3 aromatic rings. The monoisotopic (exact) mass is 249 g/mol. The summed E-state index contributed by atoms with van der Waals surface area (Å²) in [7, 11) is 0. The van der Waals surface area contributed by atoms with Crippen molar-refractivity contribution in [3.05, 3.63) is 84.8 Å². The average Bonchev–Trinajstić information content (AvgIpc) is 3.00. The van der Waals surface area contributed by atoms with E-state index in [2.05, 4.69) is 29.2 Å². The molecule has 3 rings (SSSR count). The molecule has 0 saturated heterocycles. The Kier molecular flexibility index (Phi) is 3.32. The summed E-state index contributed by atoms with van der Waals surface area (Å²) in [6.45, 7) is 0.723. The highest BCUT2D eigenvalue weighted by atomic mass is 16.3. The van der Waals surface area contributed by atoms with Crippen LogP contribution in [0.2, 0.25) is 0 Å². The van der Waals surface area contributed by atoms with Crippen LogP contribution in [0.5, 0.6) is 0 Å². The Hall–Kier alpha value is -2.48. The van der Waals surface area contributed by atoms with Crippen LogP contribution in [0.1, 0.15) is 5.76 Å². The molecule has 0 unspecified atom stereocenters. The van der Waals surface area contributed by atoms with Gasteiger partial charge in [0.15, 0.2) is 0 Å². The van der Waals surface area contributed by atoms with E-state index in [0.29, 0.717) is 0 Å². The molecule has 0 radical (unpaired) electrons. The number of hydrogen-bond acceptors (Lipinski definition) is 2. The second-order valence-electron chi connectivity index (χ2n) is 4.34. The van der Waals surface area contributed by atoms with Gasteiger partial charge in [-0.2, -0.15) is 0 Å². The topological polar surface area (TPSA) is 16.4 Å². The summed E-state index contributed by atoms with van der Waals surface area (Å²) in [4.78, 5) is 2.23. The minimum atomic E-state index is 0.723. The Balaban J connectivity index is 1.96. The van der Waals surface area contributed by atoms with Gasteiger partial charge in [0, 0.05) is 11.4 Å². The number of rotatable bonds is 4. The van der Waals surface area contributed by atoms with E-state index in [4.69, 9.17) is 4.42 Å². The van der Waals surface area contributed by atoms with Gasteiger partial charge < -0.3 is 9.32 Å². The second kappa shape index (κ2) is 5.44. The highest BCUT2D eigenvalue weighted by molar-refractivity contribution is 5.62. The van der Waals surface area contributed by atoms with Crippen molar-refractivity contribution >= 4 is 11.4 Å². The normalized spacial score (nSPS) is 10.3. The molecule has 2 nitrogen and oxygen atoms in total. The fourth-order valence-electron chi connectivity index (χ4n) is 2.11. The zero-order valence-corrected chi connectivity index (χ0v) is 10.6. The van der Waals surface area contributed by atoms with Gasteiger partial charge in [0.05, 0.1) is 12.8 Å². The first-order valence-electron chi connectivity index (χ1n) is 6.33. The molecule has 1 heterocycles. The Morgan fingerprint density at radius 2 is 1.26 bits per heavy atom. The van der Waals surface area contributed by atoms with Gasteiger partial charge in [-0.25, -0.2) is 0 Å². The molecule has 0 fully saturated rings. The van der Waals surface area contributed by atoms with Crippen LogP contribution in [0, 0.1) is 0 Å². The van der Waals surface area contributed by atoms with Crippen molar-refractivity contribution in [1.29, 1.82) is 0 Å². The molecule has 2 aromatic carbocycles. The summed E-state index contributed by atoms with van der Waals surface area (Å²) in [5.74, 6) is 0.952. The lowest BCUT2D eigenvalue weighted by atomic mass is 10.2. The van der Waals surface area contributed by atoms with E-state index in [1.807, 2.05) is 48.5 Å². The van der Waals surface area contributed by atoms with E-state index in [1.165, 1.54) is 0 Å². The molecule has 0 N–H and O–H groups in total. The quantitative estimate of drug-likeness (QED) is 0.671. The van der Waals surface area contributed by atoms with Crippen molar-refractivity contribution in [1.82, 2.24) is 0 Å². The van der Waals surface area contributed by atoms with Crippen LogP contribution < -0.4 is 4.90 Å². The van der Waals surface area contributed by atoms with E-state index in [0.717, 1.165) is 23.7 Å². The van der Waals surface area contributed by atoms with Gasteiger partial charge in [0.2, 0.25) is 0 Å². The molecule has 0 atom stereocenters. The van der Waals surface area contributed by atoms with Crippen LogP contribution in [0.25, 0.3) is 0 Å². The standard InChI is InChI=1S/C17H15NO/c1-3-8-15(9-4-1)18(14-17-12-7-13-19-17)16-10-5-2-6-11-16/h1-13H,14H2. The Morgan fingerprint density at radius 1 is 0.684 bits per heavy atom. The maximum Gasteiger partial charge on any atom is 0.123 e. The van der Waals surface area contributed by atoms with Gasteiger partial charge in [-0.05, 0) is 36.4 Å². The first kappa shape index (κ1) is 11.6. The third kappa shape index (κ3) is 2.68. The van der Waals surface area contributed by atoms with Crippen LogP contribution in [0.4, 0.5) is 11.4 Å². The van der Waals surface area contributed by atoms with Crippen LogP contribution in [0.3, 0.4) is 0 Å². The van der Waals surface area contributed by atoms with Gasteiger partial charge in [-0.15, -0.1) is 0 Å². The first-order valence-corrected chi connectivity index (χ1v) is 6.33. The van der Waals surface area contributed by atoms with Crippen molar-refractivity contribution < 1.29 is 4.42 Å². The molecule has 0 aliphatic rings. The maximum absolute atomic E-state index is 5.47. The maximum atomic E-state index is 5.47. The molecular formula is C17H15NO. The van der Waals surface area contributed by atoms with Crippen molar-refractivity contribution in [2.24, 2.45) is 0 Å². The highest BCUT2D eigenvalue weighted by Gasteiger charge is 2.10. The van der Waals surface area contributed by atoms with Crippen molar-refractivity contribution in [2.45, 2.75) is 6.54 Å². The first-order chi connectivity index (χ1) is 9.43. The number of furan rings is 1. The third-order valence-corrected chi connectivity index (χ3v) is 3.03. The number of nitrogens with zero attached hydrogens (tertiary/aromatic N) is 1. The molecule has 19 heavy (non-hydrogen) atoms. The van der Waals surface area contributed by atoms with Gasteiger partial charge in [0.25, 0.3) is 0 Å².